The molecule has 8 nitrogen and oxygen atoms in total. The smallest absolute Gasteiger partial charge is 0.256 e. The highest BCUT2D eigenvalue weighted by atomic mass is 35.5. The number of halogens is 2. The maximum atomic E-state index is 13.5. The topological polar surface area (TPSA) is 81.7 Å². The van der Waals surface area contributed by atoms with Crippen molar-refractivity contribution >= 4 is 77.2 Å². The second-order valence-electron chi connectivity index (χ2n) is 33.7. The van der Waals surface area contributed by atoms with Gasteiger partial charge in [0.1, 0.15) is 28.7 Å². The molecule has 0 bridgehead atoms. The maximum absolute atomic E-state index is 13.5. The van der Waals surface area contributed by atoms with Crippen LogP contribution in [0.3, 0.4) is 0 Å². The highest BCUT2D eigenvalue weighted by Gasteiger charge is 2.41. The van der Waals surface area contributed by atoms with Gasteiger partial charge in [0, 0.05) is 62.7 Å². The third-order valence-electron chi connectivity index (χ3n) is 17.9. The molecule has 7 rings (SSSR count). The molecule has 0 saturated heterocycles. The summed E-state index contributed by atoms with van der Waals surface area (Å²) < 4.78 is 47.1. The first-order valence-corrected chi connectivity index (χ1v) is 36.7. The van der Waals surface area contributed by atoms with Crippen molar-refractivity contribution in [2.24, 2.45) is 0 Å². The summed E-state index contributed by atoms with van der Waals surface area (Å²) in [6.45, 7) is 54.3. The van der Waals surface area contributed by atoms with Gasteiger partial charge in [-0.2, -0.15) is 0 Å². The molecule has 1 saturated carbocycles. The Labute approximate surface area is 574 Å². The van der Waals surface area contributed by atoms with Crippen molar-refractivity contribution in [3.05, 3.63) is 127 Å². The summed E-state index contributed by atoms with van der Waals surface area (Å²) in [5.41, 5.74) is 7.14. The van der Waals surface area contributed by atoms with Gasteiger partial charge < -0.3 is 33.2 Å². The van der Waals surface area contributed by atoms with Crippen molar-refractivity contribution in [3.63, 3.8) is 0 Å². The molecule has 1 fully saturated rings. The zero-order valence-corrected chi connectivity index (χ0v) is 65.4. The zero-order chi connectivity index (χ0) is 69.8. The van der Waals surface area contributed by atoms with E-state index in [1.54, 1.807) is 28.4 Å². The second-order valence-corrected chi connectivity index (χ2v) is 38.9. The quantitative estimate of drug-likeness (QED) is 0.0508. The van der Waals surface area contributed by atoms with Crippen LogP contribution in [0.1, 0.15) is 243 Å². The summed E-state index contributed by atoms with van der Waals surface area (Å²) in [5, 5.41) is 6.97. The molecule has 0 spiro atoms. The maximum Gasteiger partial charge on any atom is 0.256 e. The molecule has 0 amide bonds. The average Bonchev–Trinajstić information content (AvgIpc) is 0.730. The summed E-state index contributed by atoms with van der Waals surface area (Å²) in [6.07, 6.45) is 4.02. The van der Waals surface area contributed by atoms with Crippen LogP contribution in [-0.4, -0.2) is 54.2 Å². The minimum Gasteiger partial charge on any atom is -0.496 e. The van der Waals surface area contributed by atoms with E-state index in [1.807, 2.05) is 12.1 Å². The Bertz CT molecular complexity index is 3380. The van der Waals surface area contributed by atoms with E-state index in [0.29, 0.717) is 22.6 Å². The number of carbonyl (C=O) groups is 1. The van der Waals surface area contributed by atoms with Gasteiger partial charge in [-0.3, -0.25) is 4.79 Å². The van der Waals surface area contributed by atoms with Gasteiger partial charge in [-0.15, -0.1) is 0 Å². The van der Waals surface area contributed by atoms with Crippen LogP contribution in [0.2, 0.25) is 10.0 Å². The van der Waals surface area contributed by atoms with Gasteiger partial charge in [0.15, 0.2) is 12.0 Å². The lowest BCUT2D eigenvalue weighted by Gasteiger charge is -2.36. The standard InChI is InChI=1S/C81H112Cl2O8P2/c1-74(2,3)53-39-49(40-54(68(53)86-26)75(4,5)6)92(50-41-55(76(7,8)9)69(87-27)56(42-50)77(10,11)12)63-37-35-61(82)72(90-48-33-31-30-32-34-48)66(63)67-64(38-36-62(83)73(67)91-65(47-84)85-25)93(51-43-57(78(13,14)15)70(88-28)58(44-51)79(16,17)18)52-45-59(80(19,20)21)71(89-29)60(46-52)81(22,23)24/h35-48,65H,30-34H2,1-29H3. The Kier molecular flexibility index (Phi) is 22.7. The lowest BCUT2D eigenvalue weighted by molar-refractivity contribution is -0.132. The molecule has 6 aromatic carbocycles. The molecule has 1 atom stereocenters. The van der Waals surface area contributed by atoms with E-state index in [1.165, 1.54) is 7.11 Å². The predicted octanol–water partition coefficient (Wildman–Crippen LogP) is 19.9. The van der Waals surface area contributed by atoms with Crippen LogP contribution >= 0.6 is 39.0 Å². The number of rotatable bonds is 17. The van der Waals surface area contributed by atoms with Gasteiger partial charge in [-0.05, 0) is 177 Å². The number of ether oxygens (including phenoxy) is 7. The van der Waals surface area contributed by atoms with Gasteiger partial charge in [-0.1, -0.05) is 208 Å². The fraction of sp³-hybridized carbons (Fsp3) is 0.543. The van der Waals surface area contributed by atoms with E-state index in [0.717, 1.165) is 137 Å². The molecule has 0 heterocycles. The molecule has 508 valence electrons. The molecule has 1 unspecified atom stereocenters. The number of benzene rings is 6. The summed E-state index contributed by atoms with van der Waals surface area (Å²) in [4.78, 5) is 13.5. The molecule has 12 heteroatoms. The van der Waals surface area contributed by atoms with E-state index >= 15 is 0 Å². The molecular formula is C81H112Cl2O8P2. The number of methoxy groups -OCH3 is 5. The van der Waals surface area contributed by atoms with Crippen LogP contribution in [0, 0.1) is 0 Å². The van der Waals surface area contributed by atoms with Crippen LogP contribution in [0.5, 0.6) is 34.5 Å². The SMILES string of the molecule is COc1c(C(C)(C)C)cc(P(c2cc(C(C)(C)C)c(OC)c(C(C)(C)C)c2)c2ccc(Cl)c(OC3CCCCC3)c2-c2c(P(c3cc(C(C)(C)C)c(OC)c(C(C)(C)C)c3)c3cc(C(C)(C)C)c(OC)c(C(C)(C)C)c3)ccc(Cl)c2OC(C=O)OC)cc1C(C)(C)C. The van der Waals surface area contributed by atoms with Crippen LogP contribution in [0.15, 0.2) is 72.8 Å². The second kappa shape index (κ2) is 28.0. The zero-order valence-electron chi connectivity index (χ0n) is 62.1. The van der Waals surface area contributed by atoms with E-state index in [4.69, 9.17) is 56.4 Å². The fourth-order valence-corrected chi connectivity index (χ4v) is 18.4. The number of carbonyl (C=O) groups excluding carboxylic acids is 1. The Morgan fingerprint density at radius 1 is 0.376 bits per heavy atom. The summed E-state index contributed by atoms with van der Waals surface area (Å²) in [6, 6.07) is 27.5. The number of hydrogen-bond acceptors (Lipinski definition) is 8. The van der Waals surface area contributed by atoms with Crippen LogP contribution in [-0.2, 0) is 52.9 Å². The Balaban J connectivity index is 1.93. The van der Waals surface area contributed by atoms with Crippen molar-refractivity contribution in [1.82, 2.24) is 0 Å². The molecule has 1 aliphatic carbocycles. The summed E-state index contributed by atoms with van der Waals surface area (Å²) in [5.74, 6) is 4.27. The lowest BCUT2D eigenvalue weighted by Crippen LogP contribution is -2.32. The molecule has 0 aliphatic heterocycles. The van der Waals surface area contributed by atoms with Gasteiger partial charge in [-0.25, -0.2) is 0 Å². The number of hydrogen-bond donors (Lipinski definition) is 0. The van der Waals surface area contributed by atoms with E-state index in [2.05, 4.69) is 227 Å². The van der Waals surface area contributed by atoms with Gasteiger partial charge in [0.05, 0.1) is 44.6 Å². The number of aldehydes is 1. The molecule has 0 radical (unpaired) electrons. The molecule has 0 aromatic heterocycles. The first-order chi connectivity index (χ1) is 42.8. The van der Waals surface area contributed by atoms with Crippen molar-refractivity contribution in [1.29, 1.82) is 0 Å². The Morgan fingerprint density at radius 3 is 0.849 bits per heavy atom. The first-order valence-electron chi connectivity index (χ1n) is 33.3. The van der Waals surface area contributed by atoms with Crippen molar-refractivity contribution in [2.45, 2.75) is 254 Å². The van der Waals surface area contributed by atoms with Crippen LogP contribution < -0.4 is 60.2 Å². The monoisotopic (exact) mass is 1340 g/mol. The molecule has 1 aliphatic rings. The normalized spacial score (nSPS) is 14.6. The minimum absolute atomic E-state index is 0.163. The largest absolute Gasteiger partial charge is 0.496 e. The first kappa shape index (κ1) is 75.6. The molecule has 93 heavy (non-hydrogen) atoms. The van der Waals surface area contributed by atoms with E-state index in [9.17, 15) is 4.79 Å². The van der Waals surface area contributed by atoms with Gasteiger partial charge in [0.25, 0.3) is 6.29 Å². The Hall–Kier alpha value is -4.81. The lowest BCUT2D eigenvalue weighted by atomic mass is 9.79. The predicted molar refractivity (Wildman–Crippen MR) is 400 cm³/mol. The third-order valence-corrected chi connectivity index (χ3v) is 23.3. The molecule has 0 N–H and O–H groups in total. The molecular weight excluding hydrogens is 1230 g/mol. The van der Waals surface area contributed by atoms with E-state index in [-0.39, 0.29) is 60.2 Å². The van der Waals surface area contributed by atoms with Crippen LogP contribution in [0.25, 0.3) is 11.1 Å². The fourth-order valence-electron chi connectivity index (χ4n) is 12.9. The van der Waals surface area contributed by atoms with Crippen molar-refractivity contribution < 1.29 is 38.0 Å². The summed E-state index contributed by atoms with van der Waals surface area (Å²) >= 11 is 15.9. The van der Waals surface area contributed by atoms with Gasteiger partial charge in [0.2, 0.25) is 0 Å². The Morgan fingerprint density at radius 2 is 0.624 bits per heavy atom. The highest BCUT2D eigenvalue weighted by molar-refractivity contribution is 7.81. The van der Waals surface area contributed by atoms with E-state index < -0.39 is 22.1 Å². The molecule has 6 aromatic rings. The van der Waals surface area contributed by atoms with Crippen molar-refractivity contribution in [3.8, 4) is 45.6 Å². The van der Waals surface area contributed by atoms with Crippen molar-refractivity contribution in [2.75, 3.05) is 35.5 Å². The summed E-state index contributed by atoms with van der Waals surface area (Å²) in [7, 11) is 5.25. The highest BCUT2D eigenvalue weighted by Crippen LogP contribution is 2.55. The van der Waals surface area contributed by atoms with Gasteiger partial charge >= 0.3 is 0 Å². The minimum atomic E-state index is -1.72. The van der Waals surface area contributed by atoms with Crippen LogP contribution in [0.4, 0.5) is 0 Å². The average molecular weight is 1350 g/mol. The third kappa shape index (κ3) is 16.3.